The van der Waals surface area contributed by atoms with Crippen LogP contribution in [0.2, 0.25) is 0 Å². The molecule has 1 aliphatic heterocycles. The third kappa shape index (κ3) is 6.04. The van der Waals surface area contributed by atoms with Crippen molar-refractivity contribution < 1.29 is 23.7 Å². The fourth-order valence-electron chi connectivity index (χ4n) is 4.82. The molecule has 3 aromatic carbocycles. The molecule has 0 unspecified atom stereocenters. The van der Waals surface area contributed by atoms with Crippen molar-refractivity contribution in [3.63, 3.8) is 0 Å². The average molecular weight is 607 g/mol. The van der Waals surface area contributed by atoms with E-state index < -0.39 is 4.92 Å². The number of aromatic amines is 1. The molecule has 0 aliphatic carbocycles. The summed E-state index contributed by atoms with van der Waals surface area (Å²) in [5.74, 6) is 0.463. The first kappa shape index (κ1) is 28.7. The minimum Gasteiger partial charge on any atom is -0.462 e. The number of fused-ring (bicyclic) bond motifs is 1. The molecule has 11 heteroatoms. The Labute approximate surface area is 256 Å². The van der Waals surface area contributed by atoms with E-state index >= 15 is 0 Å². The molecule has 44 heavy (non-hydrogen) atoms. The molecular formula is C33H26N4O6S. The van der Waals surface area contributed by atoms with Crippen LogP contribution in [0, 0.1) is 10.1 Å². The van der Waals surface area contributed by atoms with Gasteiger partial charge in [0.05, 0.1) is 27.7 Å². The Morgan fingerprint density at radius 1 is 1.07 bits per heavy atom. The second kappa shape index (κ2) is 12.4. The number of nitrogens with zero attached hydrogens (tertiary/aromatic N) is 3. The normalized spacial score (nSPS) is 15.0. The number of aliphatic imine (C=N–C) groups is 1. The van der Waals surface area contributed by atoms with Gasteiger partial charge in [-0.3, -0.25) is 19.8 Å². The molecule has 0 bridgehead atoms. The zero-order valence-corrected chi connectivity index (χ0v) is 24.4. The number of esters is 1. The number of thioether (sulfide) groups is 1. The fourth-order valence-corrected chi connectivity index (χ4v) is 5.82. The Morgan fingerprint density at radius 3 is 2.59 bits per heavy atom. The van der Waals surface area contributed by atoms with Gasteiger partial charge in [0.1, 0.15) is 11.5 Å². The van der Waals surface area contributed by atoms with Gasteiger partial charge in [0, 0.05) is 47.4 Å². The maximum atomic E-state index is 13.7. The topological polar surface area (TPSA) is 131 Å². The smallest absolute Gasteiger partial charge is 0.338 e. The Hall–Kier alpha value is -5.42. The van der Waals surface area contributed by atoms with Gasteiger partial charge in [-0.2, -0.15) is 0 Å². The highest BCUT2D eigenvalue weighted by Crippen LogP contribution is 2.36. The van der Waals surface area contributed by atoms with Gasteiger partial charge in [-0.05, 0) is 73.1 Å². The number of non-ortho nitro benzene ring substituents is 1. The number of carbonyl (C=O) groups is 2. The number of carbonyl (C=O) groups excluding carboxylic acids is 2. The molecule has 1 amide bonds. The van der Waals surface area contributed by atoms with Crippen molar-refractivity contribution in [3.05, 3.63) is 123 Å². The maximum Gasteiger partial charge on any atom is 0.338 e. The highest BCUT2D eigenvalue weighted by molar-refractivity contribution is 8.18. The summed E-state index contributed by atoms with van der Waals surface area (Å²) in [6, 6.07) is 24.4. The Kier molecular flexibility index (Phi) is 8.11. The zero-order valence-electron chi connectivity index (χ0n) is 23.6. The number of benzene rings is 3. The molecular weight excluding hydrogens is 580 g/mol. The Balaban J connectivity index is 1.26. The largest absolute Gasteiger partial charge is 0.462 e. The van der Waals surface area contributed by atoms with Crippen LogP contribution in [0.15, 0.2) is 105 Å². The summed E-state index contributed by atoms with van der Waals surface area (Å²) >= 11 is 1.22. The van der Waals surface area contributed by atoms with Crippen LogP contribution in [0.3, 0.4) is 0 Å². The number of H-pyrrole nitrogens is 1. The molecule has 1 N–H and O–H groups in total. The summed E-state index contributed by atoms with van der Waals surface area (Å²) in [5.41, 5.74) is 3.78. The second-order valence-corrected chi connectivity index (χ2v) is 10.9. The number of aromatic nitrogens is 1. The quantitative estimate of drug-likeness (QED) is 0.0803. The molecule has 3 heterocycles. The second-order valence-electron chi connectivity index (χ2n) is 9.84. The van der Waals surface area contributed by atoms with Crippen molar-refractivity contribution in [2.24, 2.45) is 4.99 Å². The number of para-hydroxylation sites is 1. The summed E-state index contributed by atoms with van der Waals surface area (Å²) in [7, 11) is 0. The van der Waals surface area contributed by atoms with Crippen LogP contribution in [-0.2, 0) is 16.0 Å². The molecule has 1 aliphatic rings. The van der Waals surface area contributed by atoms with Gasteiger partial charge in [0.25, 0.3) is 11.6 Å². The molecule has 6 rings (SSSR count). The van der Waals surface area contributed by atoms with Gasteiger partial charge in [-0.25, -0.2) is 9.79 Å². The van der Waals surface area contributed by atoms with E-state index in [1.54, 1.807) is 66.4 Å². The number of hydrogen-bond donors (Lipinski definition) is 1. The third-order valence-corrected chi connectivity index (χ3v) is 8.04. The van der Waals surface area contributed by atoms with Gasteiger partial charge in [-0.1, -0.05) is 30.3 Å². The summed E-state index contributed by atoms with van der Waals surface area (Å²) in [6.45, 7) is 2.44. The minimum atomic E-state index is -0.467. The summed E-state index contributed by atoms with van der Waals surface area (Å²) in [6.07, 6.45) is 4.22. The van der Waals surface area contributed by atoms with Crippen LogP contribution in [0.4, 0.5) is 11.4 Å². The van der Waals surface area contributed by atoms with Crippen LogP contribution in [0.25, 0.3) is 28.3 Å². The Bertz CT molecular complexity index is 1920. The predicted octanol–water partition coefficient (Wildman–Crippen LogP) is 7.36. The van der Waals surface area contributed by atoms with Gasteiger partial charge in [0.15, 0.2) is 5.17 Å². The van der Waals surface area contributed by atoms with Crippen LogP contribution >= 0.6 is 11.8 Å². The summed E-state index contributed by atoms with van der Waals surface area (Å²) in [5, 5.41) is 12.7. The SMILES string of the molecule is CCOC(=O)c1ccc(-c2ccc(/C=C3\SC(=Nc4ccc([N+](=O)[O-])cc4)N(CCc4c[nH]c5ccccc45)C3=O)o2)cc1. The number of rotatable bonds is 9. The summed E-state index contributed by atoms with van der Waals surface area (Å²) < 4.78 is 11.1. The molecule has 1 saturated heterocycles. The van der Waals surface area contributed by atoms with Crippen LogP contribution < -0.4 is 0 Å². The molecule has 220 valence electrons. The molecule has 10 nitrogen and oxygen atoms in total. The van der Waals surface area contributed by atoms with Crippen molar-refractivity contribution in [2.45, 2.75) is 13.3 Å². The summed E-state index contributed by atoms with van der Waals surface area (Å²) in [4.78, 5) is 46.3. The number of nitro groups is 1. The number of nitro benzene ring substituents is 1. The lowest BCUT2D eigenvalue weighted by molar-refractivity contribution is -0.384. The van der Waals surface area contributed by atoms with E-state index in [2.05, 4.69) is 9.98 Å². The van der Waals surface area contributed by atoms with Crippen molar-refractivity contribution in [1.29, 1.82) is 0 Å². The van der Waals surface area contributed by atoms with E-state index in [0.29, 0.717) is 52.4 Å². The first-order chi connectivity index (χ1) is 21.4. The molecule has 1 fully saturated rings. The molecule has 2 aromatic heterocycles. The number of nitrogens with one attached hydrogen (secondary N) is 1. The number of amidine groups is 1. The molecule has 0 spiro atoms. The minimum absolute atomic E-state index is 0.0370. The lowest BCUT2D eigenvalue weighted by Crippen LogP contribution is -2.31. The number of furan rings is 1. The van der Waals surface area contributed by atoms with E-state index in [1.165, 1.54) is 23.9 Å². The van der Waals surface area contributed by atoms with Crippen molar-refractivity contribution in [1.82, 2.24) is 9.88 Å². The van der Waals surface area contributed by atoms with E-state index in [4.69, 9.17) is 9.15 Å². The van der Waals surface area contributed by atoms with E-state index in [0.717, 1.165) is 22.0 Å². The lowest BCUT2D eigenvalue weighted by Gasteiger charge is -2.15. The zero-order chi connectivity index (χ0) is 30.6. The van der Waals surface area contributed by atoms with Gasteiger partial charge in [-0.15, -0.1) is 0 Å². The molecule has 0 atom stereocenters. The lowest BCUT2D eigenvalue weighted by atomic mass is 10.1. The molecule has 0 saturated carbocycles. The van der Waals surface area contributed by atoms with Crippen LogP contribution in [0.5, 0.6) is 0 Å². The van der Waals surface area contributed by atoms with Crippen molar-refractivity contribution >= 4 is 57.2 Å². The molecule has 0 radical (unpaired) electrons. The van der Waals surface area contributed by atoms with Crippen LogP contribution in [-0.4, -0.2) is 45.0 Å². The number of hydrogen-bond acceptors (Lipinski definition) is 8. The van der Waals surface area contributed by atoms with Gasteiger partial charge < -0.3 is 14.1 Å². The van der Waals surface area contributed by atoms with E-state index in [-0.39, 0.29) is 17.6 Å². The van der Waals surface area contributed by atoms with Gasteiger partial charge in [0.2, 0.25) is 0 Å². The number of ether oxygens (including phenoxy) is 1. The first-order valence-electron chi connectivity index (χ1n) is 13.9. The Morgan fingerprint density at radius 2 is 1.84 bits per heavy atom. The highest BCUT2D eigenvalue weighted by atomic mass is 32.2. The molecule has 5 aromatic rings. The third-order valence-electron chi connectivity index (χ3n) is 7.03. The maximum absolute atomic E-state index is 13.7. The number of amides is 1. The predicted molar refractivity (Wildman–Crippen MR) is 170 cm³/mol. The van der Waals surface area contributed by atoms with Crippen molar-refractivity contribution in [2.75, 3.05) is 13.2 Å². The van der Waals surface area contributed by atoms with E-state index in [9.17, 15) is 19.7 Å². The van der Waals surface area contributed by atoms with Gasteiger partial charge >= 0.3 is 5.97 Å². The van der Waals surface area contributed by atoms with E-state index in [1.807, 2.05) is 30.5 Å². The van der Waals surface area contributed by atoms with Crippen LogP contribution in [0.1, 0.15) is 28.6 Å². The average Bonchev–Trinajstić information content (AvgIpc) is 3.75. The first-order valence-corrected chi connectivity index (χ1v) is 14.7. The monoisotopic (exact) mass is 606 g/mol. The fraction of sp³-hybridized carbons (Fsp3) is 0.121. The standard InChI is InChI=1S/C33H26N4O6S/c1-2-42-32(39)22-9-7-21(8-10-22)29-16-15-26(43-29)19-30-31(38)36(18-17-23-20-34-28-6-4-3-5-27(23)28)33(44-30)35-24-11-13-25(14-12-24)37(40)41/h3-16,19-20,34H,2,17-18H2,1H3/b30-19-,35-33?. The highest BCUT2D eigenvalue weighted by Gasteiger charge is 2.33. The van der Waals surface area contributed by atoms with Crippen molar-refractivity contribution in [3.8, 4) is 11.3 Å².